The van der Waals surface area contributed by atoms with E-state index in [1.54, 1.807) is 0 Å². The molecule has 0 radical (unpaired) electrons. The van der Waals surface area contributed by atoms with E-state index in [4.69, 9.17) is 37.5 Å². The molecule has 1 rings (SSSR count). The zero-order valence-electron chi connectivity index (χ0n) is 14.8. The summed E-state index contributed by atoms with van der Waals surface area (Å²) >= 11 is 1.46. The topological polar surface area (TPSA) is 127 Å². The molecule has 1 fully saturated rings. The van der Waals surface area contributed by atoms with Crippen molar-refractivity contribution in [3.63, 3.8) is 0 Å². The normalized spacial score (nSPS) is 12.0. The Labute approximate surface area is 165 Å². The Morgan fingerprint density at radius 1 is 0.885 bits per heavy atom. The van der Waals surface area contributed by atoms with Gasteiger partial charge in [-0.2, -0.15) is 0 Å². The van der Waals surface area contributed by atoms with E-state index >= 15 is 0 Å². The van der Waals surface area contributed by atoms with Crippen molar-refractivity contribution in [3.05, 3.63) is 33.3 Å². The van der Waals surface area contributed by atoms with E-state index in [2.05, 4.69) is 33.3 Å². The van der Waals surface area contributed by atoms with Gasteiger partial charge in [0.1, 0.15) is 0 Å². The molecular formula is C17H22O8W. The van der Waals surface area contributed by atoms with E-state index in [1.807, 2.05) is 13.8 Å². The van der Waals surface area contributed by atoms with Crippen LogP contribution in [0.2, 0.25) is 0 Å². The summed E-state index contributed by atoms with van der Waals surface area (Å²) in [6, 6.07) is 0. The summed E-state index contributed by atoms with van der Waals surface area (Å²) in [5.74, 6) is -0.302. The molecule has 144 valence electrons. The number of ether oxygens (including phenoxy) is 3. The van der Waals surface area contributed by atoms with Crippen molar-refractivity contribution in [2.24, 2.45) is 0 Å². The van der Waals surface area contributed by atoms with Crippen LogP contribution < -0.4 is 0 Å². The standard InChI is InChI=1S/C12H22O3.5CO.W/c1-3-13-9-7-5-4-6-8-12(2)14-10-11-15-12;5*1-2;/h3-8,10-11H2,1-2H3;;;;;;. The van der Waals surface area contributed by atoms with Crippen molar-refractivity contribution >= 4 is 4.08 Å². The minimum atomic E-state index is -0.302. The molecule has 1 aliphatic rings. The van der Waals surface area contributed by atoms with Gasteiger partial charge in [0.25, 0.3) is 0 Å². The van der Waals surface area contributed by atoms with Gasteiger partial charge in [0, 0.05) is 0 Å². The molecule has 26 heavy (non-hydrogen) atoms. The van der Waals surface area contributed by atoms with E-state index in [1.165, 1.54) is 42.7 Å². The van der Waals surface area contributed by atoms with Crippen LogP contribution in [0.15, 0.2) is 0 Å². The second-order valence-electron chi connectivity index (χ2n) is 4.20. The number of rotatable bonds is 8. The quantitative estimate of drug-likeness (QED) is 0.267. The molecule has 0 saturated carbocycles. The maximum absolute atomic E-state index is 7.50. The van der Waals surface area contributed by atoms with Crippen LogP contribution in [0, 0.1) is 33.3 Å². The van der Waals surface area contributed by atoms with Crippen LogP contribution in [0.1, 0.15) is 46.0 Å². The Morgan fingerprint density at radius 3 is 1.69 bits per heavy atom. The van der Waals surface area contributed by atoms with Gasteiger partial charge in [0.15, 0.2) is 0 Å². The van der Waals surface area contributed by atoms with Gasteiger partial charge in [-0.15, -0.1) is 0 Å². The monoisotopic (exact) mass is 538 g/mol. The summed E-state index contributed by atoms with van der Waals surface area (Å²) in [6.45, 7) is 28.9. The Morgan fingerprint density at radius 2 is 1.31 bits per heavy atom. The minimum absolute atomic E-state index is 0.302. The predicted molar refractivity (Wildman–Crippen MR) is 79.7 cm³/mol. The van der Waals surface area contributed by atoms with Crippen LogP contribution in [-0.2, 0) is 56.8 Å². The van der Waals surface area contributed by atoms with E-state index in [0.29, 0.717) is 0 Å². The van der Waals surface area contributed by atoms with Crippen LogP contribution in [0.25, 0.3) is 0 Å². The number of unbranched alkanes of at least 4 members (excludes halogenated alkanes) is 2. The Bertz CT molecular complexity index is 357. The van der Waals surface area contributed by atoms with Gasteiger partial charge in [-0.3, -0.25) is 0 Å². The zero-order valence-corrected chi connectivity index (χ0v) is 17.8. The molecule has 0 amide bonds. The third kappa shape index (κ3) is 28.0. The summed E-state index contributed by atoms with van der Waals surface area (Å²) in [5.41, 5.74) is 0. The predicted octanol–water partition coefficient (Wildman–Crippen LogP) is 2.23. The first-order valence-corrected chi connectivity index (χ1v) is 8.58. The fourth-order valence-electron chi connectivity index (χ4n) is 1.83. The zero-order chi connectivity index (χ0) is 21.9. The molecule has 8 nitrogen and oxygen atoms in total. The molecule has 1 saturated heterocycles. The van der Waals surface area contributed by atoms with Crippen molar-refractivity contribution in [2.75, 3.05) is 19.8 Å². The van der Waals surface area contributed by atoms with E-state index in [-0.39, 0.29) is 5.79 Å². The third-order valence-corrected chi connectivity index (χ3v) is 3.87. The second-order valence-corrected chi connectivity index (χ2v) is 5.83. The van der Waals surface area contributed by atoms with Crippen LogP contribution >= 0.6 is 0 Å². The Hall–Kier alpha value is -0.862. The molecular weight excluding hydrogens is 516 g/mol. The number of hydrogen-bond donors (Lipinski definition) is 0. The molecule has 1 aliphatic heterocycles. The summed E-state index contributed by atoms with van der Waals surface area (Å²) < 4.78 is 55.3. The molecule has 0 aliphatic carbocycles. The molecule has 0 aromatic heterocycles. The molecule has 0 aromatic rings. The molecule has 9 heteroatoms. The first-order chi connectivity index (χ1) is 12.7. The maximum atomic E-state index is 7.50. The van der Waals surface area contributed by atoms with Crippen molar-refractivity contribution in [1.82, 2.24) is 0 Å². The Balaban J connectivity index is -0.000000127. The first-order valence-electron chi connectivity index (χ1n) is 7.12. The van der Waals surface area contributed by atoms with Crippen molar-refractivity contribution < 1.29 is 56.8 Å². The number of hydrogen-bond acceptors (Lipinski definition) is 3. The average Bonchev–Trinajstić information content (AvgIpc) is 3.16. The summed E-state index contributed by atoms with van der Waals surface area (Å²) in [7, 11) is 0. The van der Waals surface area contributed by atoms with Crippen molar-refractivity contribution in [1.29, 1.82) is 0 Å². The molecule has 0 atom stereocenters. The second kappa shape index (κ2) is 35.3. The van der Waals surface area contributed by atoms with E-state index in [0.717, 1.165) is 32.7 Å². The van der Waals surface area contributed by atoms with Gasteiger partial charge in [0.05, 0.1) is 0 Å². The van der Waals surface area contributed by atoms with Gasteiger partial charge in [0.2, 0.25) is 0 Å². The van der Waals surface area contributed by atoms with E-state index in [9.17, 15) is 0 Å². The first kappa shape index (κ1) is 36.1. The van der Waals surface area contributed by atoms with Gasteiger partial charge in [-0.1, -0.05) is 0 Å². The van der Waals surface area contributed by atoms with Gasteiger partial charge in [-0.25, -0.2) is 0 Å². The summed E-state index contributed by atoms with van der Waals surface area (Å²) in [4.78, 5) is 0. The van der Waals surface area contributed by atoms with Crippen LogP contribution in [0.3, 0.4) is 0 Å². The molecule has 0 N–H and O–H groups in total. The SMILES string of the molecule is CCO[C](=[W])CCCCCC1(C)OCCO1.[C-]#[O+].[C-]#[O+].[C-]#[O+].[C-]#[O+].[C-]#[O+]. The van der Waals surface area contributed by atoms with Crippen molar-refractivity contribution in [2.45, 2.75) is 51.7 Å². The molecule has 0 spiro atoms. The van der Waals surface area contributed by atoms with Gasteiger partial charge < -0.3 is 0 Å². The molecule has 0 aromatic carbocycles. The van der Waals surface area contributed by atoms with Gasteiger partial charge >= 0.3 is 166 Å². The molecule has 1 heterocycles. The van der Waals surface area contributed by atoms with Crippen LogP contribution in [0.4, 0.5) is 0 Å². The average molecular weight is 538 g/mol. The Kier molecular flexibility index (Phi) is 49.0. The molecule has 0 unspecified atom stereocenters. The van der Waals surface area contributed by atoms with Crippen molar-refractivity contribution in [3.8, 4) is 0 Å². The van der Waals surface area contributed by atoms with E-state index < -0.39 is 0 Å². The van der Waals surface area contributed by atoms with Crippen LogP contribution in [0.5, 0.6) is 0 Å². The fraction of sp³-hybridized carbons (Fsp3) is 0.647. The third-order valence-electron chi connectivity index (χ3n) is 2.72. The van der Waals surface area contributed by atoms with Crippen LogP contribution in [-0.4, -0.2) is 29.7 Å². The fourth-order valence-corrected chi connectivity index (χ4v) is 2.77. The summed E-state index contributed by atoms with van der Waals surface area (Å²) in [5, 5.41) is 0. The molecule has 0 bridgehead atoms. The summed E-state index contributed by atoms with van der Waals surface area (Å²) in [6.07, 6.45) is 5.74. The van der Waals surface area contributed by atoms with Gasteiger partial charge in [-0.05, 0) is 0 Å².